The Bertz CT molecular complexity index is 3500. The smallest absolute Gasteiger partial charge is 0.197 e. The molecule has 8 aromatic carbocycles. The molecule has 2 aliphatic carbocycles. The molecule has 2 nitrogen and oxygen atoms in total. The predicted octanol–water partition coefficient (Wildman–Crippen LogP) is 17.2. The molecule has 12 rings (SSSR count). The summed E-state index contributed by atoms with van der Waals surface area (Å²) in [5, 5.41) is 6.71. The summed E-state index contributed by atoms with van der Waals surface area (Å²) in [7, 11) is 2.57. The lowest BCUT2D eigenvalue weighted by atomic mass is 9.54. The van der Waals surface area contributed by atoms with E-state index in [0.29, 0.717) is 0 Å². The zero-order valence-corrected chi connectivity index (χ0v) is 42.6. The van der Waals surface area contributed by atoms with Crippen LogP contribution in [0.3, 0.4) is 0 Å². The highest BCUT2D eigenvalue weighted by atomic mass is 32.1. The van der Waals surface area contributed by atoms with Crippen LogP contribution in [0.25, 0.3) is 53.6 Å². The number of nitrogens with one attached hydrogen (secondary N) is 1. The monoisotopic (exact) mass is 913 g/mol. The first kappa shape index (κ1) is 43.9. The van der Waals surface area contributed by atoms with Crippen molar-refractivity contribution in [2.24, 2.45) is 0 Å². The second-order valence-electron chi connectivity index (χ2n) is 23.0. The molecular formula is C65H62BN2S. The number of fused-ring (bicyclic) bond motifs is 8. The van der Waals surface area contributed by atoms with Gasteiger partial charge in [0.05, 0.1) is 5.69 Å². The van der Waals surface area contributed by atoms with E-state index in [2.05, 4.69) is 238 Å². The van der Waals surface area contributed by atoms with Crippen LogP contribution in [0, 0.1) is 6.92 Å². The van der Waals surface area contributed by atoms with Gasteiger partial charge in [0.2, 0.25) is 0 Å². The van der Waals surface area contributed by atoms with Gasteiger partial charge >= 0.3 is 0 Å². The maximum Gasteiger partial charge on any atom is 0.197 e. The molecule has 9 aromatic rings. The van der Waals surface area contributed by atoms with Gasteiger partial charge in [-0.15, -0.1) is 11.3 Å². The van der Waals surface area contributed by atoms with Gasteiger partial charge in [-0.05, 0) is 170 Å². The highest BCUT2D eigenvalue weighted by molar-refractivity contribution is 7.26. The summed E-state index contributed by atoms with van der Waals surface area (Å²) < 4.78 is 2.62. The topological polar surface area (TPSA) is 15.3 Å². The molecule has 341 valence electrons. The zero-order chi connectivity index (χ0) is 47.6. The number of hydrogen-bond acceptors (Lipinski definition) is 3. The molecule has 1 aromatic heterocycles. The molecule has 69 heavy (non-hydrogen) atoms. The minimum absolute atomic E-state index is 0.0225. The summed E-state index contributed by atoms with van der Waals surface area (Å²) in [5.41, 5.74) is 23.3. The number of nitrogens with zero attached hydrogens (tertiary/aromatic N) is 1. The Balaban J connectivity index is 1.16. The second-order valence-corrected chi connectivity index (χ2v) is 24.1. The predicted molar refractivity (Wildman–Crippen MR) is 300 cm³/mol. The van der Waals surface area contributed by atoms with Gasteiger partial charge in [0, 0.05) is 48.5 Å². The fourth-order valence-corrected chi connectivity index (χ4v) is 13.3. The number of benzene rings is 8. The molecule has 0 amide bonds. The van der Waals surface area contributed by atoms with Crippen LogP contribution < -0.4 is 21.1 Å². The average Bonchev–Trinajstić information content (AvgIpc) is 3.72. The molecule has 1 aliphatic heterocycles. The summed E-state index contributed by atoms with van der Waals surface area (Å²) in [6.07, 6.45) is 4.63. The molecule has 4 heteroatoms. The van der Waals surface area contributed by atoms with E-state index in [1.807, 2.05) is 11.3 Å². The van der Waals surface area contributed by atoms with Crippen molar-refractivity contribution in [3.05, 3.63) is 186 Å². The van der Waals surface area contributed by atoms with Crippen LogP contribution in [0.1, 0.15) is 109 Å². The fraction of sp³-hybridized carbons (Fsp3) is 0.262. The Kier molecular flexibility index (Phi) is 10.1. The van der Waals surface area contributed by atoms with Gasteiger partial charge in [0.1, 0.15) is 0 Å². The maximum atomic E-state index is 4.08. The van der Waals surface area contributed by atoms with Gasteiger partial charge in [-0.25, -0.2) is 0 Å². The van der Waals surface area contributed by atoms with Crippen molar-refractivity contribution in [3.63, 3.8) is 0 Å². The summed E-state index contributed by atoms with van der Waals surface area (Å²) in [6, 6.07) is 59.6. The van der Waals surface area contributed by atoms with Gasteiger partial charge in [-0.3, -0.25) is 0 Å². The largest absolute Gasteiger partial charge is 0.355 e. The van der Waals surface area contributed by atoms with Crippen molar-refractivity contribution in [2.45, 2.75) is 110 Å². The first-order chi connectivity index (χ1) is 33.1. The molecule has 0 unspecified atom stereocenters. The second kappa shape index (κ2) is 15.8. The van der Waals surface area contributed by atoms with Crippen LogP contribution in [-0.4, -0.2) is 7.28 Å². The molecule has 0 fully saturated rings. The quantitative estimate of drug-likeness (QED) is 0.167. The van der Waals surface area contributed by atoms with Crippen molar-refractivity contribution < 1.29 is 0 Å². The van der Waals surface area contributed by atoms with Crippen molar-refractivity contribution in [1.82, 2.24) is 0 Å². The van der Waals surface area contributed by atoms with Crippen LogP contribution in [0.4, 0.5) is 28.4 Å². The molecule has 0 saturated carbocycles. The molecule has 3 aliphatic rings. The third kappa shape index (κ3) is 7.27. The van der Waals surface area contributed by atoms with E-state index in [1.54, 1.807) is 0 Å². The summed E-state index contributed by atoms with van der Waals surface area (Å²) in [6.45, 7) is 22.0. The Morgan fingerprint density at radius 3 is 1.65 bits per heavy atom. The SMILES string of the molecule is Cc1cc(-c2ccccc2)ccc1N1c2cc3c(cc2[B]c2c(-c4cc5c(cc4Nc4ccc(-c6ccccc6)cc4)C(C)(C)CCC5(C)C)cc4sc5ccccc5c4c21)C(C)(C)CCC3(C)C. The minimum atomic E-state index is 0.0225. The van der Waals surface area contributed by atoms with E-state index in [1.165, 1.54) is 116 Å². The van der Waals surface area contributed by atoms with Crippen LogP contribution in [0.5, 0.6) is 0 Å². The number of rotatable bonds is 6. The van der Waals surface area contributed by atoms with E-state index in [0.717, 1.165) is 30.6 Å². The first-order valence-corrected chi connectivity index (χ1v) is 26.0. The molecule has 0 bridgehead atoms. The van der Waals surface area contributed by atoms with Crippen LogP contribution in [0.15, 0.2) is 158 Å². The summed E-state index contributed by atoms with van der Waals surface area (Å²) in [4.78, 5) is 2.68. The number of hydrogen-bond donors (Lipinski definition) is 1. The molecule has 1 N–H and O–H groups in total. The van der Waals surface area contributed by atoms with Crippen LogP contribution in [0.2, 0.25) is 0 Å². The van der Waals surface area contributed by atoms with Crippen LogP contribution >= 0.6 is 11.3 Å². The molecule has 2 heterocycles. The zero-order valence-electron chi connectivity index (χ0n) is 41.8. The summed E-state index contributed by atoms with van der Waals surface area (Å²) >= 11 is 1.92. The van der Waals surface area contributed by atoms with E-state index < -0.39 is 0 Å². The van der Waals surface area contributed by atoms with Crippen molar-refractivity contribution >= 4 is 78.2 Å². The van der Waals surface area contributed by atoms with Crippen molar-refractivity contribution in [3.8, 4) is 33.4 Å². The van der Waals surface area contributed by atoms with Crippen LogP contribution in [-0.2, 0) is 21.7 Å². The van der Waals surface area contributed by atoms with Crippen molar-refractivity contribution in [2.75, 3.05) is 10.2 Å². The fourth-order valence-electron chi connectivity index (χ4n) is 12.1. The van der Waals surface area contributed by atoms with E-state index in [4.69, 9.17) is 0 Å². The average molecular weight is 914 g/mol. The lowest BCUT2D eigenvalue weighted by molar-refractivity contribution is 0.332. The highest BCUT2D eigenvalue weighted by Crippen LogP contribution is 2.54. The molecule has 0 atom stereocenters. The normalized spacial score (nSPS) is 17.1. The van der Waals surface area contributed by atoms with Crippen molar-refractivity contribution in [1.29, 1.82) is 0 Å². The maximum absolute atomic E-state index is 4.08. The Hall–Kier alpha value is -6.36. The van der Waals surface area contributed by atoms with Gasteiger partial charge in [-0.2, -0.15) is 0 Å². The Labute approximate surface area is 414 Å². The van der Waals surface area contributed by atoms with Gasteiger partial charge in [0.15, 0.2) is 7.28 Å². The third-order valence-electron chi connectivity index (χ3n) is 16.5. The number of aryl methyl sites for hydroxylation is 1. The van der Waals surface area contributed by atoms with E-state index in [-0.39, 0.29) is 21.7 Å². The first-order valence-electron chi connectivity index (χ1n) is 25.2. The number of thiophene rings is 1. The van der Waals surface area contributed by atoms with Gasteiger partial charge < -0.3 is 10.2 Å². The highest BCUT2D eigenvalue weighted by Gasteiger charge is 2.42. The lowest BCUT2D eigenvalue weighted by Crippen LogP contribution is -2.44. The molecular weight excluding hydrogens is 852 g/mol. The number of anilines is 5. The Morgan fingerprint density at radius 1 is 0.478 bits per heavy atom. The molecule has 0 saturated heterocycles. The third-order valence-corrected chi connectivity index (χ3v) is 17.7. The molecule has 1 radical (unpaired) electrons. The Morgan fingerprint density at radius 2 is 1.01 bits per heavy atom. The molecule has 0 spiro atoms. The summed E-state index contributed by atoms with van der Waals surface area (Å²) in [5.74, 6) is 0. The standard InChI is InChI=1S/C65H62BN2S/c1-40-34-44(42-20-14-11-15-21-42)26-29-55(40)68-56-39-52-50(63(4,5)31-33-65(52,8)9)37-53(56)66-60-48(36-58-59(61(60)68)46-22-16-17-23-57(46)69-58)47-35-49-51(64(6,7)32-30-62(49,2)3)38-54(47)67-45-27-24-43(25-28-45)41-18-12-10-13-19-41/h10-29,34-39,67H,30-33H2,1-9H3. The van der Waals surface area contributed by atoms with E-state index >= 15 is 0 Å². The van der Waals surface area contributed by atoms with Gasteiger partial charge in [0.25, 0.3) is 0 Å². The lowest BCUT2D eigenvalue weighted by Gasteiger charge is -2.45. The minimum Gasteiger partial charge on any atom is -0.355 e. The van der Waals surface area contributed by atoms with E-state index in [9.17, 15) is 0 Å². The van der Waals surface area contributed by atoms with Gasteiger partial charge in [-0.1, -0.05) is 164 Å².